The molecule has 0 unspecified atom stereocenters. The molecule has 0 aliphatic carbocycles. The van der Waals surface area contributed by atoms with Crippen LogP contribution in [-0.2, 0) is 0 Å². The molecule has 2 heteroatoms. The highest BCUT2D eigenvalue weighted by Crippen LogP contribution is 2.00. The van der Waals surface area contributed by atoms with E-state index in [1.165, 1.54) is 5.56 Å². The van der Waals surface area contributed by atoms with E-state index in [2.05, 4.69) is 36.2 Å². The SMILES string of the molecule is CN(C/C=C/c1ccccc1)CCCO. The summed E-state index contributed by atoms with van der Waals surface area (Å²) in [6, 6.07) is 10.3. The molecule has 0 spiro atoms. The average Bonchev–Trinajstić information content (AvgIpc) is 2.28. The smallest absolute Gasteiger partial charge is 0.0443 e. The van der Waals surface area contributed by atoms with Crippen LogP contribution < -0.4 is 0 Å². The Morgan fingerprint density at radius 3 is 2.67 bits per heavy atom. The highest BCUT2D eigenvalue weighted by atomic mass is 16.3. The summed E-state index contributed by atoms with van der Waals surface area (Å²) in [4.78, 5) is 2.19. The predicted molar refractivity (Wildman–Crippen MR) is 64.7 cm³/mol. The molecule has 0 aliphatic rings. The topological polar surface area (TPSA) is 23.5 Å². The Bertz CT molecular complexity index is 282. The summed E-state index contributed by atoms with van der Waals surface area (Å²) in [5, 5.41) is 8.67. The first-order valence-corrected chi connectivity index (χ1v) is 5.34. The lowest BCUT2D eigenvalue weighted by Gasteiger charge is -2.12. The number of likely N-dealkylation sites (N-methyl/N-ethyl adjacent to an activating group) is 1. The molecule has 82 valence electrons. The van der Waals surface area contributed by atoms with E-state index < -0.39 is 0 Å². The summed E-state index contributed by atoms with van der Waals surface area (Å²) in [5.41, 5.74) is 1.23. The number of aliphatic hydroxyl groups is 1. The van der Waals surface area contributed by atoms with Gasteiger partial charge in [-0.05, 0) is 19.0 Å². The molecule has 0 saturated carbocycles. The summed E-state index contributed by atoms with van der Waals surface area (Å²) in [6.45, 7) is 2.14. The van der Waals surface area contributed by atoms with E-state index in [4.69, 9.17) is 5.11 Å². The van der Waals surface area contributed by atoms with Gasteiger partial charge in [-0.15, -0.1) is 0 Å². The molecule has 0 amide bonds. The highest BCUT2D eigenvalue weighted by molar-refractivity contribution is 5.48. The Labute approximate surface area is 91.9 Å². The van der Waals surface area contributed by atoms with Gasteiger partial charge in [0.05, 0.1) is 0 Å². The maximum Gasteiger partial charge on any atom is 0.0443 e. The zero-order valence-corrected chi connectivity index (χ0v) is 9.26. The van der Waals surface area contributed by atoms with Crippen LogP contribution in [0.1, 0.15) is 12.0 Å². The second kappa shape index (κ2) is 7.21. The molecule has 0 atom stereocenters. The molecule has 0 heterocycles. The van der Waals surface area contributed by atoms with Gasteiger partial charge in [0.25, 0.3) is 0 Å². The van der Waals surface area contributed by atoms with E-state index in [-0.39, 0.29) is 6.61 Å². The van der Waals surface area contributed by atoms with Crippen molar-refractivity contribution < 1.29 is 5.11 Å². The lowest BCUT2D eigenvalue weighted by atomic mass is 10.2. The number of benzene rings is 1. The second-order valence-electron chi connectivity index (χ2n) is 3.65. The number of hydrogen-bond donors (Lipinski definition) is 1. The van der Waals surface area contributed by atoms with Crippen molar-refractivity contribution in [1.82, 2.24) is 4.90 Å². The normalized spacial score (nSPS) is 11.4. The van der Waals surface area contributed by atoms with E-state index >= 15 is 0 Å². The van der Waals surface area contributed by atoms with Gasteiger partial charge < -0.3 is 10.0 Å². The van der Waals surface area contributed by atoms with Crippen LogP contribution >= 0.6 is 0 Å². The van der Waals surface area contributed by atoms with Gasteiger partial charge in [-0.25, -0.2) is 0 Å². The fourth-order valence-corrected chi connectivity index (χ4v) is 1.36. The maximum absolute atomic E-state index is 8.67. The molecule has 1 aromatic carbocycles. The van der Waals surface area contributed by atoms with Crippen LogP contribution in [0.25, 0.3) is 6.08 Å². The Hall–Kier alpha value is -1.12. The predicted octanol–water partition coefficient (Wildman–Crippen LogP) is 2.01. The van der Waals surface area contributed by atoms with Crippen molar-refractivity contribution in [2.24, 2.45) is 0 Å². The van der Waals surface area contributed by atoms with Gasteiger partial charge in [-0.2, -0.15) is 0 Å². The maximum atomic E-state index is 8.67. The zero-order chi connectivity index (χ0) is 10.9. The van der Waals surface area contributed by atoms with E-state index in [0.29, 0.717) is 0 Å². The molecule has 15 heavy (non-hydrogen) atoms. The van der Waals surface area contributed by atoms with Crippen molar-refractivity contribution in [3.05, 3.63) is 42.0 Å². The summed E-state index contributed by atoms with van der Waals surface area (Å²) in [5.74, 6) is 0. The minimum absolute atomic E-state index is 0.271. The first kappa shape index (κ1) is 12.0. The first-order valence-electron chi connectivity index (χ1n) is 5.34. The minimum atomic E-state index is 0.271. The monoisotopic (exact) mass is 205 g/mol. The third-order valence-electron chi connectivity index (χ3n) is 2.22. The van der Waals surface area contributed by atoms with Crippen LogP contribution in [0.3, 0.4) is 0 Å². The molecular formula is C13H19NO. The lowest BCUT2D eigenvalue weighted by Crippen LogP contribution is -2.20. The van der Waals surface area contributed by atoms with Crippen LogP contribution in [-0.4, -0.2) is 36.8 Å². The third-order valence-corrected chi connectivity index (χ3v) is 2.22. The van der Waals surface area contributed by atoms with E-state index in [9.17, 15) is 0 Å². The van der Waals surface area contributed by atoms with Crippen molar-refractivity contribution >= 4 is 6.08 Å². The molecule has 0 saturated heterocycles. The first-order chi connectivity index (χ1) is 7.33. The lowest BCUT2D eigenvalue weighted by molar-refractivity contribution is 0.256. The Kier molecular flexibility index (Phi) is 5.74. The number of rotatable bonds is 6. The number of hydrogen-bond acceptors (Lipinski definition) is 2. The van der Waals surface area contributed by atoms with Crippen molar-refractivity contribution in [3.8, 4) is 0 Å². The van der Waals surface area contributed by atoms with Crippen molar-refractivity contribution in [3.63, 3.8) is 0 Å². The molecule has 1 aromatic rings. The fraction of sp³-hybridized carbons (Fsp3) is 0.385. The van der Waals surface area contributed by atoms with Gasteiger partial charge >= 0.3 is 0 Å². The van der Waals surface area contributed by atoms with Gasteiger partial charge in [-0.1, -0.05) is 42.5 Å². The van der Waals surface area contributed by atoms with Crippen molar-refractivity contribution in [2.45, 2.75) is 6.42 Å². The number of nitrogens with zero attached hydrogens (tertiary/aromatic N) is 1. The largest absolute Gasteiger partial charge is 0.396 e. The number of aliphatic hydroxyl groups excluding tert-OH is 1. The van der Waals surface area contributed by atoms with Gasteiger partial charge in [0, 0.05) is 19.7 Å². The summed E-state index contributed by atoms with van der Waals surface area (Å²) in [7, 11) is 2.06. The van der Waals surface area contributed by atoms with Gasteiger partial charge in [0.2, 0.25) is 0 Å². The van der Waals surface area contributed by atoms with Crippen LogP contribution in [0.2, 0.25) is 0 Å². The zero-order valence-electron chi connectivity index (χ0n) is 9.26. The molecule has 1 N–H and O–H groups in total. The molecule has 2 nitrogen and oxygen atoms in total. The third kappa shape index (κ3) is 5.35. The molecule has 0 aliphatic heterocycles. The molecule has 0 radical (unpaired) electrons. The van der Waals surface area contributed by atoms with E-state index in [0.717, 1.165) is 19.5 Å². The molecule has 0 bridgehead atoms. The minimum Gasteiger partial charge on any atom is -0.396 e. The fourth-order valence-electron chi connectivity index (χ4n) is 1.36. The highest BCUT2D eigenvalue weighted by Gasteiger charge is 1.93. The average molecular weight is 205 g/mol. The molecule has 1 rings (SSSR count). The summed E-state index contributed by atoms with van der Waals surface area (Å²) in [6.07, 6.45) is 5.11. The van der Waals surface area contributed by atoms with Gasteiger partial charge in [0.15, 0.2) is 0 Å². The van der Waals surface area contributed by atoms with Gasteiger partial charge in [0.1, 0.15) is 0 Å². The van der Waals surface area contributed by atoms with Gasteiger partial charge in [-0.3, -0.25) is 0 Å². The second-order valence-corrected chi connectivity index (χ2v) is 3.65. The Morgan fingerprint density at radius 2 is 2.00 bits per heavy atom. The van der Waals surface area contributed by atoms with Crippen molar-refractivity contribution in [2.75, 3.05) is 26.7 Å². The van der Waals surface area contributed by atoms with E-state index in [1.54, 1.807) is 0 Å². The van der Waals surface area contributed by atoms with Crippen LogP contribution in [0.4, 0.5) is 0 Å². The quantitative estimate of drug-likeness (QED) is 0.768. The van der Waals surface area contributed by atoms with Crippen molar-refractivity contribution in [1.29, 1.82) is 0 Å². The standard InChI is InChI=1S/C13H19NO/c1-14(11-6-12-15)10-5-9-13-7-3-2-4-8-13/h2-5,7-9,15H,6,10-12H2,1H3/b9-5+. The summed E-state index contributed by atoms with van der Waals surface area (Å²) >= 11 is 0. The van der Waals surface area contributed by atoms with Crippen LogP contribution in [0.5, 0.6) is 0 Å². The molecular weight excluding hydrogens is 186 g/mol. The van der Waals surface area contributed by atoms with Crippen LogP contribution in [0, 0.1) is 0 Å². The molecule has 0 fully saturated rings. The Morgan fingerprint density at radius 1 is 1.27 bits per heavy atom. The Balaban J connectivity index is 2.27. The summed E-state index contributed by atoms with van der Waals surface area (Å²) < 4.78 is 0. The van der Waals surface area contributed by atoms with E-state index in [1.807, 2.05) is 18.2 Å². The van der Waals surface area contributed by atoms with Crippen LogP contribution in [0.15, 0.2) is 36.4 Å². The molecule has 0 aromatic heterocycles.